The summed E-state index contributed by atoms with van der Waals surface area (Å²) in [5.41, 5.74) is 6.91. The third-order valence-electron chi connectivity index (χ3n) is 4.59. The number of nitrogens with one attached hydrogen (secondary N) is 1. The summed E-state index contributed by atoms with van der Waals surface area (Å²) in [6.45, 7) is 5.54. The Labute approximate surface area is 172 Å². The van der Waals surface area contributed by atoms with Crippen molar-refractivity contribution in [2.75, 3.05) is 39.3 Å². The van der Waals surface area contributed by atoms with Crippen molar-refractivity contribution in [3.63, 3.8) is 0 Å². The van der Waals surface area contributed by atoms with Crippen LogP contribution in [-0.2, 0) is 19.6 Å². The molecule has 0 bridgehead atoms. The van der Waals surface area contributed by atoms with Gasteiger partial charge in [0.1, 0.15) is 0 Å². The number of carbonyl (C=O) groups excluding carboxylic acids is 2. The smallest absolute Gasteiger partial charge is 0.243 e. The van der Waals surface area contributed by atoms with Crippen molar-refractivity contribution in [1.29, 1.82) is 0 Å². The van der Waals surface area contributed by atoms with Crippen LogP contribution in [0.4, 0.5) is 0 Å². The predicted octanol–water partition coefficient (Wildman–Crippen LogP) is 0.413. The van der Waals surface area contributed by atoms with Gasteiger partial charge in [-0.05, 0) is 31.0 Å². The number of aryl methyl sites for hydroxylation is 2. The first-order valence-corrected chi connectivity index (χ1v) is 10.5. The molecule has 1 fully saturated rings. The molecule has 1 saturated heterocycles. The highest BCUT2D eigenvalue weighted by atomic mass is 35.5. The quantitative estimate of drug-likeness (QED) is 0.648. The number of rotatable bonds is 7. The van der Waals surface area contributed by atoms with Gasteiger partial charge in [0.15, 0.2) is 0 Å². The van der Waals surface area contributed by atoms with Crippen LogP contribution in [0.3, 0.4) is 0 Å². The molecular formula is C18H29ClN4O4S. The fourth-order valence-electron chi connectivity index (χ4n) is 2.98. The van der Waals surface area contributed by atoms with Gasteiger partial charge in [0, 0.05) is 52.1 Å². The molecule has 1 aromatic rings. The molecule has 0 radical (unpaired) electrons. The first kappa shape index (κ1) is 24.4. The van der Waals surface area contributed by atoms with E-state index >= 15 is 0 Å². The highest BCUT2D eigenvalue weighted by molar-refractivity contribution is 7.89. The topological polar surface area (TPSA) is 113 Å². The molecule has 10 heteroatoms. The summed E-state index contributed by atoms with van der Waals surface area (Å²) in [4.78, 5) is 25.8. The van der Waals surface area contributed by atoms with E-state index in [1.54, 1.807) is 24.0 Å². The monoisotopic (exact) mass is 432 g/mol. The van der Waals surface area contributed by atoms with Crippen LogP contribution < -0.4 is 11.1 Å². The summed E-state index contributed by atoms with van der Waals surface area (Å²) in [5.74, 6) is -0.341. The molecule has 2 amide bonds. The SMILES string of the molecule is Cc1ccc(C)c(S(=O)(=O)N2CCN(C(=O)CCC(=O)NCCN)CC2)c1.Cl. The maximum atomic E-state index is 12.9. The zero-order valence-corrected chi connectivity index (χ0v) is 17.9. The molecule has 0 spiro atoms. The molecule has 1 aliphatic heterocycles. The molecule has 1 heterocycles. The minimum atomic E-state index is -3.58. The van der Waals surface area contributed by atoms with Crippen molar-refractivity contribution in [2.24, 2.45) is 5.73 Å². The molecule has 0 unspecified atom stereocenters. The number of hydrogen-bond acceptors (Lipinski definition) is 5. The first-order chi connectivity index (χ1) is 12.8. The molecule has 8 nitrogen and oxygen atoms in total. The molecule has 1 aromatic carbocycles. The lowest BCUT2D eigenvalue weighted by atomic mass is 10.2. The standard InChI is InChI=1S/C18H28N4O4S.ClH/c1-14-3-4-15(2)16(13-14)27(25,26)22-11-9-21(10-12-22)18(24)6-5-17(23)20-8-7-19;/h3-4,13H,5-12,19H2,1-2H3,(H,20,23);1H. The van der Waals surface area contributed by atoms with Gasteiger partial charge >= 0.3 is 0 Å². The van der Waals surface area contributed by atoms with Crippen molar-refractivity contribution >= 4 is 34.2 Å². The van der Waals surface area contributed by atoms with Crippen molar-refractivity contribution < 1.29 is 18.0 Å². The second kappa shape index (κ2) is 10.8. The summed E-state index contributed by atoms with van der Waals surface area (Å²) < 4.78 is 27.2. The zero-order valence-electron chi connectivity index (χ0n) is 16.3. The van der Waals surface area contributed by atoms with Gasteiger partial charge in [0.05, 0.1) is 4.90 Å². The van der Waals surface area contributed by atoms with E-state index in [2.05, 4.69) is 5.32 Å². The van der Waals surface area contributed by atoms with Gasteiger partial charge in [-0.15, -0.1) is 12.4 Å². The fourth-order valence-corrected chi connectivity index (χ4v) is 4.71. The van der Waals surface area contributed by atoms with Crippen LogP contribution in [0.25, 0.3) is 0 Å². The third-order valence-corrected chi connectivity index (χ3v) is 6.63. The average Bonchev–Trinajstić information content (AvgIpc) is 2.66. The molecule has 0 aromatic heterocycles. The van der Waals surface area contributed by atoms with Gasteiger partial charge in [-0.1, -0.05) is 12.1 Å². The maximum Gasteiger partial charge on any atom is 0.243 e. The van der Waals surface area contributed by atoms with Gasteiger partial charge in [-0.2, -0.15) is 4.31 Å². The number of hydrogen-bond donors (Lipinski definition) is 2. The van der Waals surface area contributed by atoms with Crippen LogP contribution in [0.5, 0.6) is 0 Å². The second-order valence-corrected chi connectivity index (χ2v) is 8.60. The van der Waals surface area contributed by atoms with Crippen LogP contribution in [0.2, 0.25) is 0 Å². The Hall–Kier alpha value is -1.68. The second-order valence-electron chi connectivity index (χ2n) is 6.69. The molecule has 3 N–H and O–H groups in total. The lowest BCUT2D eigenvalue weighted by Crippen LogP contribution is -2.50. The normalized spacial score (nSPS) is 15.0. The van der Waals surface area contributed by atoms with E-state index < -0.39 is 10.0 Å². The minimum Gasteiger partial charge on any atom is -0.355 e. The number of halogens is 1. The summed E-state index contributed by atoms with van der Waals surface area (Å²) in [6, 6.07) is 5.37. The largest absolute Gasteiger partial charge is 0.355 e. The van der Waals surface area contributed by atoms with Crippen molar-refractivity contribution in [2.45, 2.75) is 31.6 Å². The Morgan fingerprint density at radius 3 is 2.36 bits per heavy atom. The average molecular weight is 433 g/mol. The van der Waals surface area contributed by atoms with Gasteiger partial charge < -0.3 is 16.0 Å². The van der Waals surface area contributed by atoms with Gasteiger partial charge in [0.2, 0.25) is 21.8 Å². The minimum absolute atomic E-state index is 0. The van der Waals surface area contributed by atoms with E-state index in [-0.39, 0.29) is 50.2 Å². The van der Waals surface area contributed by atoms with Gasteiger partial charge in [-0.3, -0.25) is 9.59 Å². The van der Waals surface area contributed by atoms with Crippen LogP contribution in [0, 0.1) is 13.8 Å². The third kappa shape index (κ3) is 6.16. The highest BCUT2D eigenvalue weighted by Gasteiger charge is 2.31. The molecule has 0 aliphatic carbocycles. The first-order valence-electron chi connectivity index (χ1n) is 9.07. The molecule has 1 aliphatic rings. The van der Waals surface area contributed by atoms with Crippen molar-refractivity contribution in [3.05, 3.63) is 29.3 Å². The molecule has 0 saturated carbocycles. The van der Waals surface area contributed by atoms with E-state index in [4.69, 9.17) is 5.73 Å². The summed E-state index contributed by atoms with van der Waals surface area (Å²) >= 11 is 0. The Balaban J connectivity index is 0.00000392. The van der Waals surface area contributed by atoms with E-state index in [1.165, 1.54) is 4.31 Å². The number of nitrogens with two attached hydrogens (primary N) is 1. The van der Waals surface area contributed by atoms with Crippen LogP contribution in [0.1, 0.15) is 24.0 Å². The molecule has 28 heavy (non-hydrogen) atoms. The Morgan fingerprint density at radius 2 is 1.75 bits per heavy atom. The van der Waals surface area contributed by atoms with Crippen molar-refractivity contribution in [1.82, 2.24) is 14.5 Å². The van der Waals surface area contributed by atoms with Crippen LogP contribution in [0.15, 0.2) is 23.1 Å². The van der Waals surface area contributed by atoms with E-state index in [1.807, 2.05) is 13.0 Å². The highest BCUT2D eigenvalue weighted by Crippen LogP contribution is 2.22. The lowest BCUT2D eigenvalue weighted by Gasteiger charge is -2.34. The van der Waals surface area contributed by atoms with Gasteiger partial charge in [0.25, 0.3) is 0 Å². The lowest BCUT2D eigenvalue weighted by molar-refractivity contribution is -0.134. The number of carbonyl (C=O) groups is 2. The summed E-state index contributed by atoms with van der Waals surface area (Å²) in [5, 5.41) is 2.62. The zero-order chi connectivity index (χ0) is 20.0. The number of sulfonamides is 1. The van der Waals surface area contributed by atoms with Crippen molar-refractivity contribution in [3.8, 4) is 0 Å². The summed E-state index contributed by atoms with van der Waals surface area (Å²) in [7, 11) is -3.58. The number of nitrogens with zero attached hydrogens (tertiary/aromatic N) is 2. The van der Waals surface area contributed by atoms with Crippen LogP contribution in [-0.4, -0.2) is 68.7 Å². The van der Waals surface area contributed by atoms with E-state index in [9.17, 15) is 18.0 Å². The molecule has 0 atom stereocenters. The fraction of sp³-hybridized carbons (Fsp3) is 0.556. The maximum absolute atomic E-state index is 12.9. The van der Waals surface area contributed by atoms with E-state index in [0.29, 0.717) is 36.6 Å². The molecular weight excluding hydrogens is 404 g/mol. The number of benzene rings is 1. The number of amides is 2. The van der Waals surface area contributed by atoms with E-state index in [0.717, 1.165) is 5.56 Å². The van der Waals surface area contributed by atoms with Crippen LogP contribution >= 0.6 is 12.4 Å². The van der Waals surface area contributed by atoms with Gasteiger partial charge in [-0.25, -0.2) is 8.42 Å². The Bertz CT molecular complexity index is 793. The summed E-state index contributed by atoms with van der Waals surface area (Å²) in [6.07, 6.45) is 0.222. The Kier molecular flexibility index (Phi) is 9.35. The predicted molar refractivity (Wildman–Crippen MR) is 110 cm³/mol. The molecule has 2 rings (SSSR count). The molecule has 158 valence electrons. The number of piperazine rings is 1. The Morgan fingerprint density at radius 1 is 1.11 bits per heavy atom.